The number of hydrogen-bond donors (Lipinski definition) is 2. The number of aliphatic hydroxyl groups is 2. The van der Waals surface area contributed by atoms with E-state index < -0.39 is 6.10 Å². The van der Waals surface area contributed by atoms with E-state index in [2.05, 4.69) is 0 Å². The van der Waals surface area contributed by atoms with Crippen LogP contribution in [-0.2, 0) is 6.42 Å². The number of hydrogen-bond acceptors (Lipinski definition) is 2. The molecule has 2 heteroatoms. The zero-order valence-electron chi connectivity index (χ0n) is 6.27. The molecule has 2 N–H and O–H groups in total. The van der Waals surface area contributed by atoms with Crippen LogP contribution in [0.5, 0.6) is 0 Å². The topological polar surface area (TPSA) is 40.5 Å². The highest BCUT2D eigenvalue weighted by Crippen LogP contribution is 2.01. The van der Waals surface area contributed by atoms with E-state index in [1.807, 2.05) is 30.3 Å². The summed E-state index contributed by atoms with van der Waals surface area (Å²) in [5, 5.41) is 17.6. The molecule has 60 valence electrons. The minimum atomic E-state index is -0.627. The summed E-state index contributed by atoms with van der Waals surface area (Å²) in [7, 11) is 0. The van der Waals surface area contributed by atoms with Crippen LogP contribution in [-0.4, -0.2) is 22.9 Å². The molecule has 0 spiro atoms. The molecular weight excluding hydrogens is 140 g/mol. The van der Waals surface area contributed by atoms with Crippen molar-refractivity contribution in [1.82, 2.24) is 0 Å². The van der Waals surface area contributed by atoms with Crippen molar-refractivity contribution in [2.75, 3.05) is 6.61 Å². The fourth-order valence-corrected chi connectivity index (χ4v) is 0.951. The van der Waals surface area contributed by atoms with Crippen LogP contribution in [0.4, 0.5) is 0 Å². The van der Waals surface area contributed by atoms with Crippen molar-refractivity contribution in [2.45, 2.75) is 12.5 Å². The van der Waals surface area contributed by atoms with Gasteiger partial charge in [0.05, 0.1) is 12.7 Å². The molecule has 0 heterocycles. The number of rotatable bonds is 3. The first-order valence-corrected chi connectivity index (χ1v) is 3.66. The van der Waals surface area contributed by atoms with E-state index in [1.54, 1.807) is 0 Å². The normalized spacial score (nSPS) is 12.9. The summed E-state index contributed by atoms with van der Waals surface area (Å²) in [6.45, 7) is -0.172. The van der Waals surface area contributed by atoms with Crippen molar-refractivity contribution in [2.24, 2.45) is 0 Å². The van der Waals surface area contributed by atoms with Crippen LogP contribution in [0.3, 0.4) is 0 Å². The molecule has 0 aliphatic carbocycles. The SMILES string of the molecule is OC[C@@H](O)Cc1ccccc1. The van der Waals surface area contributed by atoms with Gasteiger partial charge in [0.15, 0.2) is 0 Å². The Kier molecular flexibility index (Phi) is 3.08. The predicted molar refractivity (Wildman–Crippen MR) is 43.2 cm³/mol. The summed E-state index contributed by atoms with van der Waals surface area (Å²) in [5.41, 5.74) is 1.05. The first kappa shape index (κ1) is 8.24. The molecule has 0 aliphatic heterocycles. The minimum Gasteiger partial charge on any atom is -0.394 e. The molecule has 0 saturated carbocycles. The van der Waals surface area contributed by atoms with Crippen molar-refractivity contribution < 1.29 is 10.2 Å². The second kappa shape index (κ2) is 4.11. The maximum Gasteiger partial charge on any atom is 0.0811 e. The standard InChI is InChI=1S/C9H12O2/c10-7-9(11)6-8-4-2-1-3-5-8/h1-5,9-11H,6-7H2/t9-/m0/s1. The maximum absolute atomic E-state index is 9.06. The molecule has 0 amide bonds. The molecule has 1 aromatic rings. The van der Waals surface area contributed by atoms with E-state index in [-0.39, 0.29) is 6.61 Å². The van der Waals surface area contributed by atoms with E-state index in [4.69, 9.17) is 10.2 Å². The third-order valence-electron chi connectivity index (χ3n) is 1.52. The lowest BCUT2D eigenvalue weighted by Gasteiger charge is -2.05. The predicted octanol–water partition coefficient (Wildman–Crippen LogP) is 0.582. The Balaban J connectivity index is 2.51. The second-order valence-corrected chi connectivity index (χ2v) is 2.53. The summed E-state index contributed by atoms with van der Waals surface area (Å²) in [4.78, 5) is 0. The number of aliphatic hydroxyl groups excluding tert-OH is 2. The fraction of sp³-hybridized carbons (Fsp3) is 0.333. The molecule has 0 bridgehead atoms. The average Bonchev–Trinajstić information content (AvgIpc) is 2.06. The molecule has 11 heavy (non-hydrogen) atoms. The van der Waals surface area contributed by atoms with Gasteiger partial charge in [0, 0.05) is 6.42 Å². The lowest BCUT2D eigenvalue weighted by molar-refractivity contribution is 0.0955. The molecule has 1 rings (SSSR count). The summed E-state index contributed by atoms with van der Waals surface area (Å²) in [6.07, 6.45) is -0.102. The smallest absolute Gasteiger partial charge is 0.0811 e. The largest absolute Gasteiger partial charge is 0.394 e. The van der Waals surface area contributed by atoms with Crippen LogP contribution in [0.15, 0.2) is 30.3 Å². The lowest BCUT2D eigenvalue weighted by atomic mass is 10.1. The van der Waals surface area contributed by atoms with Crippen LogP contribution < -0.4 is 0 Å². The Labute approximate surface area is 66.1 Å². The van der Waals surface area contributed by atoms with E-state index in [0.717, 1.165) is 5.56 Å². The van der Waals surface area contributed by atoms with E-state index in [9.17, 15) is 0 Å². The summed E-state index contributed by atoms with van der Waals surface area (Å²) >= 11 is 0. The first-order chi connectivity index (χ1) is 5.33. The second-order valence-electron chi connectivity index (χ2n) is 2.53. The summed E-state index contributed by atoms with van der Waals surface area (Å²) in [6, 6.07) is 9.62. The van der Waals surface area contributed by atoms with Crippen LogP contribution in [0.25, 0.3) is 0 Å². The molecular formula is C9H12O2. The Morgan fingerprint density at radius 2 is 1.82 bits per heavy atom. The van der Waals surface area contributed by atoms with Gasteiger partial charge in [-0.15, -0.1) is 0 Å². The number of benzene rings is 1. The fourth-order valence-electron chi connectivity index (χ4n) is 0.951. The van der Waals surface area contributed by atoms with Gasteiger partial charge < -0.3 is 10.2 Å². The molecule has 0 radical (unpaired) electrons. The van der Waals surface area contributed by atoms with Crippen molar-refractivity contribution in [1.29, 1.82) is 0 Å². The first-order valence-electron chi connectivity index (χ1n) is 3.66. The molecule has 0 aromatic heterocycles. The average molecular weight is 152 g/mol. The van der Waals surface area contributed by atoms with Gasteiger partial charge in [-0.25, -0.2) is 0 Å². The van der Waals surface area contributed by atoms with Crippen molar-refractivity contribution in [3.8, 4) is 0 Å². The van der Waals surface area contributed by atoms with Crippen molar-refractivity contribution in [3.05, 3.63) is 35.9 Å². The Morgan fingerprint density at radius 3 is 2.36 bits per heavy atom. The van der Waals surface area contributed by atoms with E-state index in [1.165, 1.54) is 0 Å². The molecule has 0 unspecified atom stereocenters. The van der Waals surface area contributed by atoms with Gasteiger partial charge in [-0.1, -0.05) is 30.3 Å². The van der Waals surface area contributed by atoms with Gasteiger partial charge in [0.2, 0.25) is 0 Å². The lowest BCUT2D eigenvalue weighted by Crippen LogP contribution is -2.14. The molecule has 2 nitrogen and oxygen atoms in total. The zero-order chi connectivity index (χ0) is 8.10. The van der Waals surface area contributed by atoms with Crippen LogP contribution in [0.2, 0.25) is 0 Å². The highest BCUT2D eigenvalue weighted by molar-refractivity contribution is 5.15. The van der Waals surface area contributed by atoms with Crippen LogP contribution in [0, 0.1) is 0 Å². The zero-order valence-corrected chi connectivity index (χ0v) is 6.27. The quantitative estimate of drug-likeness (QED) is 0.665. The monoisotopic (exact) mass is 152 g/mol. The van der Waals surface area contributed by atoms with Crippen LogP contribution >= 0.6 is 0 Å². The van der Waals surface area contributed by atoms with Gasteiger partial charge >= 0.3 is 0 Å². The van der Waals surface area contributed by atoms with Gasteiger partial charge in [0.25, 0.3) is 0 Å². The van der Waals surface area contributed by atoms with Crippen LogP contribution in [0.1, 0.15) is 5.56 Å². The highest BCUT2D eigenvalue weighted by atomic mass is 16.3. The van der Waals surface area contributed by atoms with Crippen molar-refractivity contribution >= 4 is 0 Å². The van der Waals surface area contributed by atoms with E-state index in [0.29, 0.717) is 6.42 Å². The Bertz CT molecular complexity index is 196. The third-order valence-corrected chi connectivity index (χ3v) is 1.52. The van der Waals surface area contributed by atoms with Gasteiger partial charge in [-0.05, 0) is 5.56 Å². The summed E-state index contributed by atoms with van der Waals surface area (Å²) < 4.78 is 0. The molecule has 1 aromatic carbocycles. The summed E-state index contributed by atoms with van der Waals surface area (Å²) in [5.74, 6) is 0. The van der Waals surface area contributed by atoms with Gasteiger partial charge in [0.1, 0.15) is 0 Å². The minimum absolute atomic E-state index is 0.172. The molecule has 1 atom stereocenters. The molecule has 0 fully saturated rings. The third kappa shape index (κ3) is 2.70. The maximum atomic E-state index is 9.06. The van der Waals surface area contributed by atoms with Crippen molar-refractivity contribution in [3.63, 3.8) is 0 Å². The highest BCUT2D eigenvalue weighted by Gasteiger charge is 2.01. The molecule has 0 saturated heterocycles. The van der Waals surface area contributed by atoms with Gasteiger partial charge in [-0.3, -0.25) is 0 Å². The Morgan fingerprint density at radius 1 is 1.18 bits per heavy atom. The Hall–Kier alpha value is -0.860. The molecule has 0 aliphatic rings. The van der Waals surface area contributed by atoms with Gasteiger partial charge in [-0.2, -0.15) is 0 Å². The van der Waals surface area contributed by atoms with E-state index >= 15 is 0 Å².